The zero-order chi connectivity index (χ0) is 19.4. The summed E-state index contributed by atoms with van der Waals surface area (Å²) >= 11 is 1.60. The highest BCUT2D eigenvalue weighted by Gasteiger charge is 2.27. The fraction of sp³-hybridized carbons (Fsp3) is 0.353. The minimum atomic E-state index is -4.38. The topological polar surface area (TPSA) is 69.0 Å². The normalized spacial score (nSPS) is 11.9. The summed E-state index contributed by atoms with van der Waals surface area (Å²) in [6.45, 7) is 0.725. The third-order valence-corrected chi connectivity index (χ3v) is 4.53. The Bertz CT molecular complexity index is 922. The molecule has 1 amide bonds. The molecule has 0 radical (unpaired) electrons. The SMILES string of the molecule is Cc1cc(C(=O)NCCOCC(F)(F)F)c2cnn(Cc3cccs3)c2n1. The lowest BCUT2D eigenvalue weighted by Crippen LogP contribution is -2.29. The first-order valence-electron chi connectivity index (χ1n) is 8.12. The van der Waals surface area contributed by atoms with Crippen LogP contribution in [0, 0.1) is 6.92 Å². The van der Waals surface area contributed by atoms with Crippen LogP contribution in [0.1, 0.15) is 20.9 Å². The lowest BCUT2D eigenvalue weighted by Gasteiger charge is -2.09. The van der Waals surface area contributed by atoms with Crippen molar-refractivity contribution in [3.8, 4) is 0 Å². The molecular formula is C17H17F3N4O2S. The predicted octanol–water partition coefficient (Wildman–Crippen LogP) is 3.16. The Hall–Kier alpha value is -2.46. The first-order chi connectivity index (χ1) is 12.8. The number of amides is 1. The minimum absolute atomic E-state index is 0.0267. The number of carbonyl (C=O) groups is 1. The number of carbonyl (C=O) groups excluding carboxylic acids is 1. The lowest BCUT2D eigenvalue weighted by molar-refractivity contribution is -0.173. The molecule has 0 aliphatic rings. The van der Waals surface area contributed by atoms with Crippen LogP contribution in [0.25, 0.3) is 11.0 Å². The summed E-state index contributed by atoms with van der Waals surface area (Å²) in [5.41, 5.74) is 1.61. The number of fused-ring (bicyclic) bond motifs is 1. The van der Waals surface area contributed by atoms with Gasteiger partial charge >= 0.3 is 6.18 Å². The van der Waals surface area contributed by atoms with Crippen LogP contribution in [0.15, 0.2) is 29.8 Å². The summed E-state index contributed by atoms with van der Waals surface area (Å²) in [4.78, 5) is 18.0. The van der Waals surface area contributed by atoms with Gasteiger partial charge in [-0.3, -0.25) is 4.79 Å². The van der Waals surface area contributed by atoms with Crippen LogP contribution in [0.4, 0.5) is 13.2 Å². The number of thiophene rings is 1. The summed E-state index contributed by atoms with van der Waals surface area (Å²) in [6, 6.07) is 5.57. The van der Waals surface area contributed by atoms with Crippen molar-refractivity contribution in [1.82, 2.24) is 20.1 Å². The molecule has 0 unspecified atom stereocenters. The van der Waals surface area contributed by atoms with Crippen LogP contribution in [-0.2, 0) is 11.3 Å². The number of rotatable bonds is 7. The Morgan fingerprint density at radius 3 is 2.93 bits per heavy atom. The lowest BCUT2D eigenvalue weighted by atomic mass is 10.1. The molecule has 0 aromatic carbocycles. The largest absolute Gasteiger partial charge is 0.411 e. The Morgan fingerprint density at radius 2 is 2.22 bits per heavy atom. The second kappa shape index (κ2) is 8.05. The predicted molar refractivity (Wildman–Crippen MR) is 94.9 cm³/mol. The maximum absolute atomic E-state index is 12.4. The molecule has 3 aromatic rings. The van der Waals surface area contributed by atoms with Crippen LogP contribution in [0.2, 0.25) is 0 Å². The van der Waals surface area contributed by atoms with Gasteiger partial charge < -0.3 is 10.1 Å². The van der Waals surface area contributed by atoms with Crippen molar-refractivity contribution in [2.24, 2.45) is 0 Å². The maximum atomic E-state index is 12.4. The van der Waals surface area contributed by atoms with Gasteiger partial charge in [0, 0.05) is 17.1 Å². The minimum Gasteiger partial charge on any atom is -0.370 e. The Morgan fingerprint density at radius 1 is 1.41 bits per heavy atom. The van der Waals surface area contributed by atoms with Gasteiger partial charge in [-0.2, -0.15) is 18.3 Å². The Labute approximate surface area is 157 Å². The molecule has 3 aromatic heterocycles. The van der Waals surface area contributed by atoms with E-state index in [-0.39, 0.29) is 13.2 Å². The molecule has 0 aliphatic heterocycles. The molecule has 3 heterocycles. The molecule has 3 rings (SSSR count). The number of aryl methyl sites for hydroxylation is 1. The van der Waals surface area contributed by atoms with Gasteiger partial charge in [-0.1, -0.05) is 6.07 Å². The molecule has 0 bridgehead atoms. The number of pyridine rings is 1. The average molecular weight is 398 g/mol. The van der Waals surface area contributed by atoms with Gasteiger partial charge in [-0.05, 0) is 24.4 Å². The molecular weight excluding hydrogens is 381 g/mol. The van der Waals surface area contributed by atoms with E-state index < -0.39 is 18.7 Å². The van der Waals surface area contributed by atoms with E-state index in [1.165, 1.54) is 0 Å². The zero-order valence-electron chi connectivity index (χ0n) is 14.4. The van der Waals surface area contributed by atoms with Crippen molar-refractivity contribution in [3.05, 3.63) is 45.9 Å². The summed E-state index contributed by atoms with van der Waals surface area (Å²) in [7, 11) is 0. The third-order valence-electron chi connectivity index (χ3n) is 3.67. The molecule has 0 spiro atoms. The van der Waals surface area contributed by atoms with Gasteiger partial charge in [0.05, 0.1) is 30.3 Å². The molecule has 0 saturated carbocycles. The van der Waals surface area contributed by atoms with Crippen molar-refractivity contribution in [3.63, 3.8) is 0 Å². The summed E-state index contributed by atoms with van der Waals surface area (Å²) in [6.07, 6.45) is -2.81. The summed E-state index contributed by atoms with van der Waals surface area (Å²) < 4.78 is 42.3. The van der Waals surface area contributed by atoms with Crippen molar-refractivity contribution in [1.29, 1.82) is 0 Å². The molecule has 144 valence electrons. The second-order valence-electron chi connectivity index (χ2n) is 5.85. The Balaban J connectivity index is 1.70. The number of nitrogens with zero attached hydrogens (tertiary/aromatic N) is 3. The van der Waals surface area contributed by atoms with Crippen LogP contribution in [0.5, 0.6) is 0 Å². The number of nitrogens with one attached hydrogen (secondary N) is 1. The van der Waals surface area contributed by atoms with E-state index in [1.807, 2.05) is 17.5 Å². The van der Waals surface area contributed by atoms with Crippen molar-refractivity contribution >= 4 is 28.3 Å². The van der Waals surface area contributed by atoms with Crippen molar-refractivity contribution < 1.29 is 22.7 Å². The van der Waals surface area contributed by atoms with Gasteiger partial charge in [0.25, 0.3) is 5.91 Å². The van der Waals surface area contributed by atoms with Gasteiger partial charge in [0.15, 0.2) is 5.65 Å². The van der Waals surface area contributed by atoms with E-state index in [2.05, 4.69) is 20.1 Å². The van der Waals surface area contributed by atoms with Crippen molar-refractivity contribution in [2.75, 3.05) is 19.8 Å². The molecule has 1 N–H and O–H groups in total. The first kappa shape index (κ1) is 19.3. The van der Waals surface area contributed by atoms with Crippen LogP contribution >= 0.6 is 11.3 Å². The molecule has 6 nitrogen and oxygen atoms in total. The van der Waals surface area contributed by atoms with Gasteiger partial charge in [0.1, 0.15) is 6.61 Å². The van der Waals surface area contributed by atoms with Gasteiger partial charge in [-0.15, -0.1) is 11.3 Å². The summed E-state index contributed by atoms with van der Waals surface area (Å²) in [5.74, 6) is -0.406. The average Bonchev–Trinajstić information content (AvgIpc) is 3.23. The highest BCUT2D eigenvalue weighted by atomic mass is 32.1. The number of hydrogen-bond acceptors (Lipinski definition) is 5. The van der Waals surface area contributed by atoms with Crippen LogP contribution in [-0.4, -0.2) is 46.6 Å². The number of hydrogen-bond donors (Lipinski definition) is 1. The molecule has 10 heteroatoms. The number of alkyl halides is 3. The van der Waals surface area contributed by atoms with E-state index in [1.54, 1.807) is 35.2 Å². The van der Waals surface area contributed by atoms with Crippen LogP contribution < -0.4 is 5.32 Å². The smallest absolute Gasteiger partial charge is 0.370 e. The first-order valence-corrected chi connectivity index (χ1v) is 9.00. The Kier molecular flexibility index (Phi) is 5.76. The molecule has 0 fully saturated rings. The third kappa shape index (κ3) is 5.04. The monoisotopic (exact) mass is 398 g/mol. The van der Waals surface area contributed by atoms with Crippen molar-refractivity contribution in [2.45, 2.75) is 19.6 Å². The second-order valence-corrected chi connectivity index (χ2v) is 6.89. The van der Waals surface area contributed by atoms with E-state index in [9.17, 15) is 18.0 Å². The highest BCUT2D eigenvalue weighted by molar-refractivity contribution is 7.09. The molecule has 0 aliphatic carbocycles. The van der Waals surface area contributed by atoms with Gasteiger partial charge in [0.2, 0.25) is 0 Å². The molecule has 0 atom stereocenters. The fourth-order valence-corrected chi connectivity index (χ4v) is 3.23. The van der Waals surface area contributed by atoms with Gasteiger partial charge in [-0.25, -0.2) is 9.67 Å². The number of ether oxygens (including phenoxy) is 1. The highest BCUT2D eigenvalue weighted by Crippen LogP contribution is 2.20. The standard InChI is InChI=1S/C17H17F3N4O2S/c1-11-7-13(16(25)21-4-5-26-10-17(18,19)20)14-8-22-24(15(14)23-11)9-12-3-2-6-27-12/h2-3,6-8H,4-5,9-10H2,1H3,(H,21,25). The fourth-order valence-electron chi connectivity index (χ4n) is 2.55. The molecule has 27 heavy (non-hydrogen) atoms. The van der Waals surface area contributed by atoms with Crippen LogP contribution in [0.3, 0.4) is 0 Å². The van der Waals surface area contributed by atoms with E-state index in [0.29, 0.717) is 28.8 Å². The van der Waals surface area contributed by atoms with E-state index in [0.717, 1.165) is 4.88 Å². The van der Waals surface area contributed by atoms with E-state index >= 15 is 0 Å². The maximum Gasteiger partial charge on any atom is 0.411 e. The number of aromatic nitrogens is 3. The van der Waals surface area contributed by atoms with E-state index in [4.69, 9.17) is 0 Å². The number of halogens is 3. The summed E-state index contributed by atoms with van der Waals surface area (Å²) in [5, 5.41) is 9.45. The zero-order valence-corrected chi connectivity index (χ0v) is 15.2. The quantitative estimate of drug-likeness (QED) is 0.621. The molecule has 0 saturated heterocycles.